The Morgan fingerprint density at radius 3 is 3.00 bits per heavy atom. The van der Waals surface area contributed by atoms with E-state index in [1.807, 2.05) is 0 Å². The molecule has 0 spiro atoms. The predicted octanol–water partition coefficient (Wildman–Crippen LogP) is 3.18. The topological polar surface area (TPSA) is 26.0 Å². The standard InChI is InChI=1S/C11H14BrN/c12-9-6-3-5-8-4-1-2-7-10(13)11(8)9/h3,5-6,10H,1-2,4,7,13H2. The molecule has 0 radical (unpaired) electrons. The van der Waals surface area contributed by atoms with E-state index in [0.717, 1.165) is 6.42 Å². The summed E-state index contributed by atoms with van der Waals surface area (Å²) in [6.07, 6.45) is 4.83. The molecule has 2 heteroatoms. The Hall–Kier alpha value is -0.340. The molecule has 0 saturated heterocycles. The van der Waals surface area contributed by atoms with Gasteiger partial charge in [0.2, 0.25) is 0 Å². The summed E-state index contributed by atoms with van der Waals surface area (Å²) in [6, 6.07) is 6.61. The highest BCUT2D eigenvalue weighted by Gasteiger charge is 2.16. The maximum atomic E-state index is 6.12. The van der Waals surface area contributed by atoms with Gasteiger partial charge in [-0.15, -0.1) is 0 Å². The lowest BCUT2D eigenvalue weighted by Crippen LogP contribution is -2.11. The Balaban J connectivity index is 2.48. The van der Waals surface area contributed by atoms with Crippen LogP contribution in [0.3, 0.4) is 0 Å². The van der Waals surface area contributed by atoms with Gasteiger partial charge in [-0.3, -0.25) is 0 Å². The van der Waals surface area contributed by atoms with Gasteiger partial charge in [0, 0.05) is 10.5 Å². The molecule has 1 aromatic rings. The zero-order chi connectivity index (χ0) is 9.26. The number of benzene rings is 1. The quantitative estimate of drug-likeness (QED) is 0.692. The van der Waals surface area contributed by atoms with E-state index in [2.05, 4.69) is 34.1 Å². The monoisotopic (exact) mass is 239 g/mol. The van der Waals surface area contributed by atoms with E-state index < -0.39 is 0 Å². The molecule has 0 aliphatic heterocycles. The van der Waals surface area contributed by atoms with Gasteiger partial charge in [-0.05, 0) is 36.5 Å². The highest BCUT2D eigenvalue weighted by atomic mass is 79.9. The zero-order valence-electron chi connectivity index (χ0n) is 7.59. The van der Waals surface area contributed by atoms with Crippen LogP contribution in [0.5, 0.6) is 0 Å². The third kappa shape index (κ3) is 1.79. The van der Waals surface area contributed by atoms with Crippen molar-refractivity contribution in [3.05, 3.63) is 33.8 Å². The van der Waals surface area contributed by atoms with Crippen LogP contribution >= 0.6 is 15.9 Å². The Kier molecular flexibility index (Phi) is 2.70. The summed E-state index contributed by atoms with van der Waals surface area (Å²) in [5, 5.41) is 0. The molecule has 2 rings (SSSR count). The molecule has 13 heavy (non-hydrogen) atoms. The molecule has 1 atom stereocenters. The average Bonchev–Trinajstić information content (AvgIpc) is 2.29. The summed E-state index contributed by atoms with van der Waals surface area (Å²) in [4.78, 5) is 0. The Labute approximate surface area is 87.5 Å². The van der Waals surface area contributed by atoms with Gasteiger partial charge in [0.15, 0.2) is 0 Å². The van der Waals surface area contributed by atoms with Gasteiger partial charge >= 0.3 is 0 Å². The van der Waals surface area contributed by atoms with Gasteiger partial charge in [0.25, 0.3) is 0 Å². The number of aryl methyl sites for hydroxylation is 1. The molecule has 1 nitrogen and oxygen atoms in total. The first-order valence-electron chi connectivity index (χ1n) is 4.82. The Morgan fingerprint density at radius 1 is 1.31 bits per heavy atom. The molecule has 0 amide bonds. The second-order valence-corrected chi connectivity index (χ2v) is 4.52. The van der Waals surface area contributed by atoms with Crippen molar-refractivity contribution in [2.45, 2.75) is 31.7 Å². The summed E-state index contributed by atoms with van der Waals surface area (Å²) >= 11 is 3.58. The average molecular weight is 240 g/mol. The molecule has 0 heterocycles. The number of hydrogen-bond donors (Lipinski definition) is 1. The van der Waals surface area contributed by atoms with Gasteiger partial charge in [0.1, 0.15) is 0 Å². The van der Waals surface area contributed by atoms with Crippen LogP contribution in [-0.2, 0) is 6.42 Å². The predicted molar refractivity (Wildman–Crippen MR) is 58.6 cm³/mol. The lowest BCUT2D eigenvalue weighted by molar-refractivity contribution is 0.614. The summed E-state index contributed by atoms with van der Waals surface area (Å²) < 4.78 is 1.18. The minimum absolute atomic E-state index is 0.230. The van der Waals surface area contributed by atoms with Gasteiger partial charge in [-0.25, -0.2) is 0 Å². The molecule has 0 saturated carbocycles. The van der Waals surface area contributed by atoms with Crippen LogP contribution in [0.25, 0.3) is 0 Å². The van der Waals surface area contributed by atoms with E-state index in [1.54, 1.807) is 0 Å². The summed E-state index contributed by atoms with van der Waals surface area (Å²) in [5.41, 5.74) is 8.88. The fourth-order valence-corrected chi connectivity index (χ4v) is 2.74. The summed E-state index contributed by atoms with van der Waals surface area (Å²) in [5.74, 6) is 0. The van der Waals surface area contributed by atoms with Gasteiger partial charge in [0.05, 0.1) is 0 Å². The molecule has 1 aromatic carbocycles. The van der Waals surface area contributed by atoms with E-state index in [1.165, 1.54) is 34.9 Å². The molecule has 70 valence electrons. The van der Waals surface area contributed by atoms with E-state index >= 15 is 0 Å². The fourth-order valence-electron chi connectivity index (χ4n) is 2.04. The van der Waals surface area contributed by atoms with Crippen molar-refractivity contribution >= 4 is 15.9 Å². The normalized spacial score (nSPS) is 22.2. The highest BCUT2D eigenvalue weighted by Crippen LogP contribution is 2.32. The number of nitrogens with two attached hydrogens (primary N) is 1. The molecule has 1 unspecified atom stereocenters. The molecular formula is C11H14BrN. The number of hydrogen-bond acceptors (Lipinski definition) is 1. The van der Waals surface area contributed by atoms with Crippen molar-refractivity contribution in [2.75, 3.05) is 0 Å². The first kappa shape index (κ1) is 9.22. The van der Waals surface area contributed by atoms with E-state index in [-0.39, 0.29) is 6.04 Å². The molecular weight excluding hydrogens is 226 g/mol. The Morgan fingerprint density at radius 2 is 2.15 bits per heavy atom. The summed E-state index contributed by atoms with van der Waals surface area (Å²) in [6.45, 7) is 0. The number of fused-ring (bicyclic) bond motifs is 1. The van der Waals surface area contributed by atoms with Crippen LogP contribution in [0.4, 0.5) is 0 Å². The maximum absolute atomic E-state index is 6.12. The van der Waals surface area contributed by atoms with Crippen molar-refractivity contribution < 1.29 is 0 Å². The third-order valence-corrected chi connectivity index (χ3v) is 3.42. The van der Waals surface area contributed by atoms with Crippen molar-refractivity contribution in [1.29, 1.82) is 0 Å². The van der Waals surface area contributed by atoms with Gasteiger partial charge < -0.3 is 5.73 Å². The van der Waals surface area contributed by atoms with Crippen LogP contribution in [-0.4, -0.2) is 0 Å². The lowest BCUT2D eigenvalue weighted by Gasteiger charge is -2.14. The van der Waals surface area contributed by atoms with Crippen molar-refractivity contribution in [3.63, 3.8) is 0 Å². The number of halogens is 1. The molecule has 1 aliphatic carbocycles. The molecule has 0 bridgehead atoms. The molecule has 1 aliphatic rings. The van der Waals surface area contributed by atoms with Crippen molar-refractivity contribution in [2.24, 2.45) is 5.73 Å². The van der Waals surface area contributed by atoms with Crippen molar-refractivity contribution in [3.8, 4) is 0 Å². The second-order valence-electron chi connectivity index (χ2n) is 3.66. The zero-order valence-corrected chi connectivity index (χ0v) is 9.18. The van der Waals surface area contributed by atoms with Crippen LogP contribution in [0.15, 0.2) is 22.7 Å². The number of rotatable bonds is 0. The van der Waals surface area contributed by atoms with E-state index in [9.17, 15) is 0 Å². The SMILES string of the molecule is NC1CCCCc2cccc(Br)c21. The molecule has 0 aromatic heterocycles. The van der Waals surface area contributed by atoms with Gasteiger partial charge in [-0.1, -0.05) is 34.5 Å². The summed E-state index contributed by atoms with van der Waals surface area (Å²) in [7, 11) is 0. The first-order valence-corrected chi connectivity index (χ1v) is 5.61. The van der Waals surface area contributed by atoms with Crippen LogP contribution in [0.2, 0.25) is 0 Å². The largest absolute Gasteiger partial charge is 0.324 e. The molecule has 0 fully saturated rings. The van der Waals surface area contributed by atoms with E-state index in [0.29, 0.717) is 0 Å². The van der Waals surface area contributed by atoms with Crippen molar-refractivity contribution in [1.82, 2.24) is 0 Å². The minimum atomic E-state index is 0.230. The smallest absolute Gasteiger partial charge is 0.0308 e. The van der Waals surface area contributed by atoms with Crippen LogP contribution in [0.1, 0.15) is 36.4 Å². The minimum Gasteiger partial charge on any atom is -0.324 e. The Bertz CT molecular complexity index is 309. The highest BCUT2D eigenvalue weighted by molar-refractivity contribution is 9.10. The van der Waals surface area contributed by atoms with E-state index in [4.69, 9.17) is 5.73 Å². The first-order chi connectivity index (χ1) is 6.29. The third-order valence-electron chi connectivity index (χ3n) is 2.73. The van der Waals surface area contributed by atoms with Gasteiger partial charge in [-0.2, -0.15) is 0 Å². The second kappa shape index (κ2) is 3.81. The molecule has 2 N–H and O–H groups in total. The maximum Gasteiger partial charge on any atom is 0.0308 e. The lowest BCUT2D eigenvalue weighted by atomic mass is 10.00. The fraction of sp³-hybridized carbons (Fsp3) is 0.455. The van der Waals surface area contributed by atoms with Crippen LogP contribution < -0.4 is 5.73 Å². The van der Waals surface area contributed by atoms with Crippen LogP contribution in [0, 0.1) is 0 Å².